The van der Waals surface area contributed by atoms with Crippen molar-refractivity contribution < 1.29 is 23.6 Å². The van der Waals surface area contributed by atoms with E-state index in [-0.39, 0.29) is 23.1 Å². The average molecular weight is 430 g/mol. The summed E-state index contributed by atoms with van der Waals surface area (Å²) in [6, 6.07) is 11.1. The number of nitrogens with one attached hydrogen (secondary N) is 1. The zero-order valence-corrected chi connectivity index (χ0v) is 18.6. The summed E-state index contributed by atoms with van der Waals surface area (Å²) in [5.41, 5.74) is 0.314. The van der Waals surface area contributed by atoms with E-state index in [9.17, 15) is 9.59 Å². The molecule has 2 heterocycles. The van der Waals surface area contributed by atoms with Crippen LogP contribution in [0.4, 0.5) is 4.79 Å². The second-order valence-electron chi connectivity index (χ2n) is 9.03. The van der Waals surface area contributed by atoms with Gasteiger partial charge in [0.15, 0.2) is 11.5 Å². The lowest BCUT2D eigenvalue weighted by Crippen LogP contribution is -2.50. The van der Waals surface area contributed by atoms with Crippen LogP contribution in [0.3, 0.4) is 0 Å². The SMILES string of the molecule is COCC1(CNC(=O)c2cc(-c3ccccc3)on2)CCN(C(=O)OC(C)(C)C)CC1. The van der Waals surface area contributed by atoms with Crippen LogP contribution in [0.15, 0.2) is 40.9 Å². The van der Waals surface area contributed by atoms with Crippen molar-refractivity contribution in [1.82, 2.24) is 15.4 Å². The molecular weight excluding hydrogens is 398 g/mol. The van der Waals surface area contributed by atoms with Crippen molar-refractivity contribution in [2.24, 2.45) is 5.41 Å². The molecule has 0 aliphatic carbocycles. The number of aromatic nitrogens is 1. The van der Waals surface area contributed by atoms with Gasteiger partial charge in [0.25, 0.3) is 5.91 Å². The van der Waals surface area contributed by atoms with E-state index >= 15 is 0 Å². The highest BCUT2D eigenvalue weighted by Gasteiger charge is 2.37. The van der Waals surface area contributed by atoms with Gasteiger partial charge in [0, 0.05) is 43.8 Å². The fraction of sp³-hybridized carbons (Fsp3) is 0.522. The first kappa shape index (κ1) is 22.8. The summed E-state index contributed by atoms with van der Waals surface area (Å²) in [5.74, 6) is 0.249. The fourth-order valence-corrected chi connectivity index (χ4v) is 3.65. The first-order valence-electron chi connectivity index (χ1n) is 10.5. The van der Waals surface area contributed by atoms with Gasteiger partial charge >= 0.3 is 6.09 Å². The maximum absolute atomic E-state index is 12.6. The Hall–Kier alpha value is -2.87. The summed E-state index contributed by atoms with van der Waals surface area (Å²) in [5, 5.41) is 6.87. The Morgan fingerprint density at radius 2 is 1.87 bits per heavy atom. The van der Waals surface area contributed by atoms with Crippen LogP contribution in [-0.2, 0) is 9.47 Å². The summed E-state index contributed by atoms with van der Waals surface area (Å²) in [7, 11) is 1.65. The van der Waals surface area contributed by atoms with Gasteiger partial charge in [-0.3, -0.25) is 4.79 Å². The third-order valence-electron chi connectivity index (χ3n) is 5.35. The summed E-state index contributed by atoms with van der Waals surface area (Å²) in [6.45, 7) is 7.58. The Morgan fingerprint density at radius 3 is 2.48 bits per heavy atom. The highest BCUT2D eigenvalue weighted by atomic mass is 16.6. The number of rotatable bonds is 6. The Labute approximate surface area is 182 Å². The number of hydrogen-bond acceptors (Lipinski definition) is 6. The lowest BCUT2D eigenvalue weighted by Gasteiger charge is -2.41. The molecule has 2 aromatic rings. The third kappa shape index (κ3) is 6.07. The molecule has 0 atom stereocenters. The average Bonchev–Trinajstić information content (AvgIpc) is 3.23. The molecule has 0 saturated carbocycles. The van der Waals surface area contributed by atoms with E-state index in [0.717, 1.165) is 5.56 Å². The number of piperidine rings is 1. The number of benzene rings is 1. The molecule has 0 bridgehead atoms. The standard InChI is InChI=1S/C23H31N3O5/c1-22(2,3)30-21(28)26-12-10-23(11-13-26,16-29-4)15-24-20(27)18-14-19(31-25-18)17-8-6-5-7-9-17/h5-9,14H,10-13,15-16H2,1-4H3,(H,24,27). The van der Waals surface area contributed by atoms with Crippen LogP contribution in [0.25, 0.3) is 11.3 Å². The molecule has 1 fully saturated rings. The highest BCUT2D eigenvalue weighted by molar-refractivity contribution is 5.93. The molecule has 8 nitrogen and oxygen atoms in total. The Balaban J connectivity index is 1.58. The summed E-state index contributed by atoms with van der Waals surface area (Å²) in [4.78, 5) is 26.7. The molecular formula is C23H31N3O5. The minimum absolute atomic E-state index is 0.234. The van der Waals surface area contributed by atoms with E-state index in [4.69, 9.17) is 14.0 Å². The number of carbonyl (C=O) groups excluding carboxylic acids is 2. The molecule has 1 aliphatic heterocycles. The van der Waals surface area contributed by atoms with E-state index in [1.807, 2.05) is 51.1 Å². The van der Waals surface area contributed by atoms with Gasteiger partial charge in [-0.15, -0.1) is 0 Å². The number of ether oxygens (including phenoxy) is 2. The first-order chi connectivity index (χ1) is 14.7. The van der Waals surface area contributed by atoms with Gasteiger partial charge in [-0.05, 0) is 33.6 Å². The third-order valence-corrected chi connectivity index (χ3v) is 5.35. The largest absolute Gasteiger partial charge is 0.444 e. The molecule has 1 aromatic heterocycles. The smallest absolute Gasteiger partial charge is 0.410 e. The van der Waals surface area contributed by atoms with Crippen molar-refractivity contribution in [3.63, 3.8) is 0 Å². The second-order valence-corrected chi connectivity index (χ2v) is 9.03. The monoisotopic (exact) mass is 429 g/mol. The van der Waals surface area contributed by atoms with Crippen LogP contribution in [0, 0.1) is 5.41 Å². The molecule has 0 spiro atoms. The van der Waals surface area contributed by atoms with Crippen molar-refractivity contribution in [3.05, 3.63) is 42.1 Å². The molecule has 2 amide bonds. The second kappa shape index (κ2) is 9.51. The van der Waals surface area contributed by atoms with E-state index in [1.54, 1.807) is 18.1 Å². The van der Waals surface area contributed by atoms with Gasteiger partial charge in [0.05, 0.1) is 6.61 Å². The van der Waals surface area contributed by atoms with Crippen LogP contribution >= 0.6 is 0 Å². The maximum Gasteiger partial charge on any atom is 0.410 e. The Morgan fingerprint density at radius 1 is 1.19 bits per heavy atom. The predicted molar refractivity (Wildman–Crippen MR) is 116 cm³/mol. The van der Waals surface area contributed by atoms with Gasteiger partial charge in [-0.1, -0.05) is 35.5 Å². The summed E-state index contributed by atoms with van der Waals surface area (Å²) < 4.78 is 16.2. The lowest BCUT2D eigenvalue weighted by molar-refractivity contribution is -0.00641. The first-order valence-corrected chi connectivity index (χ1v) is 10.5. The van der Waals surface area contributed by atoms with Crippen LogP contribution in [0.2, 0.25) is 0 Å². The fourth-order valence-electron chi connectivity index (χ4n) is 3.65. The minimum atomic E-state index is -0.525. The molecule has 1 aromatic carbocycles. The highest BCUT2D eigenvalue weighted by Crippen LogP contribution is 2.32. The summed E-state index contributed by atoms with van der Waals surface area (Å²) >= 11 is 0. The van der Waals surface area contributed by atoms with Crippen LogP contribution in [0.5, 0.6) is 0 Å². The van der Waals surface area contributed by atoms with Crippen LogP contribution < -0.4 is 5.32 Å². The summed E-state index contributed by atoms with van der Waals surface area (Å²) in [6.07, 6.45) is 1.10. The molecule has 8 heteroatoms. The predicted octanol–water partition coefficient (Wildman–Crippen LogP) is 3.74. The zero-order valence-electron chi connectivity index (χ0n) is 18.6. The van der Waals surface area contributed by atoms with E-state index in [0.29, 0.717) is 44.8 Å². The lowest BCUT2D eigenvalue weighted by atomic mass is 9.79. The van der Waals surface area contributed by atoms with Crippen LogP contribution in [0.1, 0.15) is 44.1 Å². The van der Waals surface area contributed by atoms with Crippen molar-refractivity contribution in [2.75, 3.05) is 33.4 Å². The number of nitrogens with zero attached hydrogens (tertiary/aromatic N) is 2. The van der Waals surface area contributed by atoms with Crippen molar-refractivity contribution >= 4 is 12.0 Å². The van der Waals surface area contributed by atoms with Gasteiger partial charge in [0.2, 0.25) is 0 Å². The number of likely N-dealkylation sites (tertiary alicyclic amines) is 1. The topological polar surface area (TPSA) is 93.9 Å². The Kier molecular flexibility index (Phi) is 7.00. The molecule has 1 N–H and O–H groups in total. The zero-order chi connectivity index (χ0) is 22.5. The van der Waals surface area contributed by atoms with Crippen molar-refractivity contribution in [2.45, 2.75) is 39.2 Å². The van der Waals surface area contributed by atoms with Gasteiger partial charge < -0.3 is 24.2 Å². The van der Waals surface area contributed by atoms with Gasteiger partial charge in [-0.25, -0.2) is 4.79 Å². The molecule has 1 saturated heterocycles. The van der Waals surface area contributed by atoms with Gasteiger partial charge in [-0.2, -0.15) is 0 Å². The minimum Gasteiger partial charge on any atom is -0.444 e. The molecule has 31 heavy (non-hydrogen) atoms. The Bertz CT molecular complexity index is 880. The maximum atomic E-state index is 12.6. The number of carbonyl (C=O) groups is 2. The molecule has 168 valence electrons. The van der Waals surface area contributed by atoms with E-state index < -0.39 is 5.60 Å². The normalized spacial score (nSPS) is 16.1. The molecule has 1 aliphatic rings. The number of methoxy groups -OCH3 is 1. The molecule has 3 rings (SSSR count). The molecule has 0 radical (unpaired) electrons. The van der Waals surface area contributed by atoms with Gasteiger partial charge in [0.1, 0.15) is 5.60 Å². The van der Waals surface area contributed by atoms with Crippen LogP contribution in [-0.4, -0.2) is 61.0 Å². The van der Waals surface area contributed by atoms with E-state index in [2.05, 4.69) is 10.5 Å². The van der Waals surface area contributed by atoms with Crippen molar-refractivity contribution in [1.29, 1.82) is 0 Å². The number of amides is 2. The van der Waals surface area contributed by atoms with E-state index in [1.165, 1.54) is 0 Å². The quantitative estimate of drug-likeness (QED) is 0.752. The molecule has 0 unspecified atom stereocenters. The number of hydrogen-bond donors (Lipinski definition) is 1. The van der Waals surface area contributed by atoms with Crippen molar-refractivity contribution in [3.8, 4) is 11.3 Å².